The van der Waals surface area contributed by atoms with Gasteiger partial charge in [0.1, 0.15) is 0 Å². The Morgan fingerprint density at radius 2 is 1.97 bits per heavy atom. The minimum Gasteiger partial charge on any atom is -0.455 e. The van der Waals surface area contributed by atoms with Crippen molar-refractivity contribution in [3.8, 4) is 0 Å². The van der Waals surface area contributed by atoms with Crippen LogP contribution in [0, 0.1) is 5.92 Å². The quantitative estimate of drug-likeness (QED) is 0.694. The fourth-order valence-corrected chi connectivity index (χ4v) is 2.60. The maximum Gasteiger partial charge on any atom is 0.416 e. The Balaban J connectivity index is 1.90. The summed E-state index contributed by atoms with van der Waals surface area (Å²) in [5, 5.41) is 2.28. The third-order valence-electron chi connectivity index (χ3n) is 4.22. The zero-order valence-electron chi connectivity index (χ0n) is 15.8. The molecule has 0 spiro atoms. The molecule has 0 bridgehead atoms. The van der Waals surface area contributed by atoms with Crippen molar-refractivity contribution in [1.29, 1.82) is 0 Å². The number of esters is 1. The lowest BCUT2D eigenvalue weighted by molar-refractivity contribution is -0.152. The highest BCUT2D eigenvalue weighted by Gasteiger charge is 2.37. The molecule has 1 aliphatic heterocycles. The Kier molecular flexibility index (Phi) is 6.83. The summed E-state index contributed by atoms with van der Waals surface area (Å²) in [5.41, 5.74) is -0.877. The summed E-state index contributed by atoms with van der Waals surface area (Å²) >= 11 is 0. The van der Waals surface area contributed by atoms with Gasteiger partial charge in [-0.25, -0.2) is 0 Å². The van der Waals surface area contributed by atoms with E-state index in [1.165, 1.54) is 31.1 Å². The van der Waals surface area contributed by atoms with E-state index in [1.807, 2.05) is 0 Å². The first-order valence-corrected chi connectivity index (χ1v) is 8.60. The normalized spacial score (nSPS) is 16.5. The number of hydrogen-bond acceptors (Lipinski definition) is 5. The fraction of sp³-hybridized carbons (Fsp3) is 0.444. The number of halogens is 3. The summed E-state index contributed by atoms with van der Waals surface area (Å²) in [6.07, 6.45) is -4.80. The number of alkyl halides is 3. The molecule has 1 saturated heterocycles. The first kappa shape index (κ1) is 22.2. The Labute approximate surface area is 164 Å². The van der Waals surface area contributed by atoms with Gasteiger partial charge in [-0.1, -0.05) is 6.07 Å². The van der Waals surface area contributed by atoms with Gasteiger partial charge in [0, 0.05) is 32.7 Å². The fourth-order valence-electron chi connectivity index (χ4n) is 2.60. The third kappa shape index (κ3) is 5.93. The average Bonchev–Trinajstić information content (AvgIpc) is 3.05. The van der Waals surface area contributed by atoms with E-state index in [0.717, 1.165) is 17.0 Å². The second-order valence-corrected chi connectivity index (χ2v) is 6.63. The van der Waals surface area contributed by atoms with Crippen LogP contribution in [0.25, 0.3) is 0 Å². The number of nitrogens with zero attached hydrogens (tertiary/aromatic N) is 2. The number of ether oxygens (including phenoxy) is 1. The second-order valence-electron chi connectivity index (χ2n) is 6.63. The lowest BCUT2D eigenvalue weighted by Crippen LogP contribution is -2.38. The van der Waals surface area contributed by atoms with E-state index in [9.17, 15) is 32.3 Å². The van der Waals surface area contributed by atoms with Crippen LogP contribution in [0.1, 0.15) is 12.0 Å². The number of nitrogens with one attached hydrogen (secondary N) is 1. The van der Waals surface area contributed by atoms with Crippen molar-refractivity contribution in [2.24, 2.45) is 5.92 Å². The molecular formula is C18H20F3N3O5. The van der Waals surface area contributed by atoms with Crippen LogP contribution in [0.15, 0.2) is 24.3 Å². The number of amides is 3. The van der Waals surface area contributed by atoms with Crippen molar-refractivity contribution < 1.29 is 37.1 Å². The van der Waals surface area contributed by atoms with Gasteiger partial charge in [0.05, 0.1) is 18.0 Å². The maximum atomic E-state index is 12.9. The molecule has 0 unspecified atom stereocenters. The van der Waals surface area contributed by atoms with Crippen molar-refractivity contribution in [1.82, 2.24) is 10.2 Å². The Morgan fingerprint density at radius 1 is 1.28 bits per heavy atom. The van der Waals surface area contributed by atoms with Gasteiger partial charge >= 0.3 is 12.1 Å². The molecule has 1 aliphatic rings. The topological polar surface area (TPSA) is 96.0 Å². The van der Waals surface area contributed by atoms with Gasteiger partial charge in [-0.2, -0.15) is 13.2 Å². The van der Waals surface area contributed by atoms with Crippen LogP contribution in [-0.4, -0.2) is 62.4 Å². The predicted octanol–water partition coefficient (Wildman–Crippen LogP) is 0.806. The van der Waals surface area contributed by atoms with E-state index in [4.69, 9.17) is 4.74 Å². The van der Waals surface area contributed by atoms with Crippen LogP contribution in [0.5, 0.6) is 0 Å². The molecule has 11 heteroatoms. The van der Waals surface area contributed by atoms with Gasteiger partial charge in [0.25, 0.3) is 5.91 Å². The number of likely N-dealkylation sites (N-methyl/N-ethyl adjacent to an activating group) is 1. The van der Waals surface area contributed by atoms with Gasteiger partial charge < -0.3 is 19.9 Å². The zero-order chi connectivity index (χ0) is 21.8. The maximum absolute atomic E-state index is 12.9. The lowest BCUT2D eigenvalue weighted by atomic mass is 10.1. The smallest absolute Gasteiger partial charge is 0.416 e. The number of benzene rings is 1. The summed E-state index contributed by atoms with van der Waals surface area (Å²) in [6, 6.07) is 4.24. The lowest BCUT2D eigenvalue weighted by Gasteiger charge is -2.18. The molecule has 1 aromatic carbocycles. The molecule has 158 valence electrons. The van der Waals surface area contributed by atoms with E-state index in [0.29, 0.717) is 0 Å². The summed E-state index contributed by atoms with van der Waals surface area (Å²) in [7, 11) is 3.03. The standard InChI is InChI=1S/C18H20F3N3O5/c1-23(2)16(27)8-22-14(25)10-29-17(28)11-6-15(26)24(9-11)13-5-3-4-12(7-13)18(19,20)21/h3-5,7,11H,6,8-10H2,1-2H3,(H,22,25)/t11-/m1/s1. The first-order valence-electron chi connectivity index (χ1n) is 8.60. The molecule has 1 heterocycles. The monoisotopic (exact) mass is 415 g/mol. The highest BCUT2D eigenvalue weighted by molar-refractivity contribution is 5.99. The molecular weight excluding hydrogens is 395 g/mol. The van der Waals surface area contributed by atoms with Gasteiger partial charge in [0.2, 0.25) is 11.8 Å². The number of hydrogen-bond donors (Lipinski definition) is 1. The number of anilines is 1. The van der Waals surface area contributed by atoms with E-state index in [1.54, 1.807) is 0 Å². The Hall–Kier alpha value is -3.11. The molecule has 0 saturated carbocycles. The third-order valence-corrected chi connectivity index (χ3v) is 4.22. The molecule has 0 radical (unpaired) electrons. The van der Waals surface area contributed by atoms with E-state index in [2.05, 4.69) is 5.32 Å². The molecule has 1 aromatic rings. The minimum atomic E-state index is -4.56. The first-order chi connectivity index (χ1) is 13.5. The van der Waals surface area contributed by atoms with E-state index >= 15 is 0 Å². The molecule has 0 aliphatic carbocycles. The van der Waals surface area contributed by atoms with Gasteiger partial charge in [-0.15, -0.1) is 0 Å². The van der Waals surface area contributed by atoms with Crippen molar-refractivity contribution in [2.75, 3.05) is 38.7 Å². The van der Waals surface area contributed by atoms with Gasteiger partial charge in [-0.05, 0) is 18.2 Å². The van der Waals surface area contributed by atoms with Gasteiger partial charge in [0.15, 0.2) is 6.61 Å². The van der Waals surface area contributed by atoms with Crippen LogP contribution < -0.4 is 10.2 Å². The number of rotatable bonds is 6. The molecule has 3 amide bonds. The summed E-state index contributed by atoms with van der Waals surface area (Å²) in [4.78, 5) is 49.6. The SMILES string of the molecule is CN(C)C(=O)CNC(=O)COC(=O)[C@@H]1CC(=O)N(c2cccc(C(F)(F)F)c2)C1. The van der Waals surface area contributed by atoms with Crippen LogP contribution >= 0.6 is 0 Å². The molecule has 1 atom stereocenters. The van der Waals surface area contributed by atoms with Gasteiger partial charge in [-0.3, -0.25) is 19.2 Å². The minimum absolute atomic E-state index is 0.0278. The molecule has 1 fully saturated rings. The zero-order valence-corrected chi connectivity index (χ0v) is 15.8. The van der Waals surface area contributed by atoms with Crippen LogP contribution in [0.3, 0.4) is 0 Å². The summed E-state index contributed by atoms with van der Waals surface area (Å²) in [5.74, 6) is -3.28. The van der Waals surface area contributed by atoms with Crippen molar-refractivity contribution in [3.05, 3.63) is 29.8 Å². The average molecular weight is 415 g/mol. The van der Waals surface area contributed by atoms with Crippen LogP contribution in [0.4, 0.5) is 18.9 Å². The molecule has 0 aromatic heterocycles. The summed E-state index contributed by atoms with van der Waals surface area (Å²) in [6.45, 7) is -1.04. The Morgan fingerprint density at radius 3 is 2.59 bits per heavy atom. The van der Waals surface area contributed by atoms with Crippen LogP contribution in [0.2, 0.25) is 0 Å². The Bertz CT molecular complexity index is 810. The second kappa shape index (κ2) is 8.93. The summed E-state index contributed by atoms with van der Waals surface area (Å²) < 4.78 is 43.4. The highest BCUT2D eigenvalue weighted by Crippen LogP contribution is 2.33. The predicted molar refractivity (Wildman–Crippen MR) is 94.6 cm³/mol. The highest BCUT2D eigenvalue weighted by atomic mass is 19.4. The number of carbonyl (C=O) groups excluding carboxylic acids is 4. The molecule has 1 N–H and O–H groups in total. The van der Waals surface area contributed by atoms with Crippen LogP contribution in [-0.2, 0) is 30.1 Å². The van der Waals surface area contributed by atoms with Crippen molar-refractivity contribution in [3.63, 3.8) is 0 Å². The largest absolute Gasteiger partial charge is 0.455 e. The molecule has 2 rings (SSSR count). The molecule has 29 heavy (non-hydrogen) atoms. The van der Waals surface area contributed by atoms with E-state index in [-0.39, 0.29) is 31.1 Å². The molecule has 8 nitrogen and oxygen atoms in total. The number of carbonyl (C=O) groups is 4. The van der Waals surface area contributed by atoms with E-state index < -0.39 is 42.0 Å². The van der Waals surface area contributed by atoms with Crippen molar-refractivity contribution >= 4 is 29.4 Å². The van der Waals surface area contributed by atoms with Crippen molar-refractivity contribution in [2.45, 2.75) is 12.6 Å².